The summed E-state index contributed by atoms with van der Waals surface area (Å²) < 4.78 is 101. The normalized spacial score (nSPS) is 11.3. The van der Waals surface area contributed by atoms with Crippen molar-refractivity contribution >= 4 is 34.6 Å². The SMILES string of the molecule is Cc1ccccc1OCc1nc(N(C)CCN(C)C)c2cc(-c3cn[nH]c3)ccc2n1.O=C(O)C(F)(F)F.O=C(O)C(F)(F)F.O=C(O)C(F)(F)F. The molecule has 4 N–H and O–H groups in total. The second-order valence-electron chi connectivity index (χ2n) is 10.4. The van der Waals surface area contributed by atoms with E-state index in [1.54, 1.807) is 0 Å². The van der Waals surface area contributed by atoms with Crippen LogP contribution in [0, 0.1) is 6.92 Å². The number of fused-ring (bicyclic) bond motifs is 1. The van der Waals surface area contributed by atoms with Crippen LogP contribution in [0.3, 0.4) is 0 Å². The van der Waals surface area contributed by atoms with E-state index < -0.39 is 36.4 Å². The van der Waals surface area contributed by atoms with Crippen molar-refractivity contribution in [1.82, 2.24) is 25.1 Å². The van der Waals surface area contributed by atoms with Crippen molar-refractivity contribution in [1.29, 1.82) is 0 Å². The number of ether oxygens (including phenoxy) is 1. The topological polar surface area (TPSA) is 182 Å². The average Bonchev–Trinajstić information content (AvgIpc) is 3.57. The van der Waals surface area contributed by atoms with Crippen LogP contribution in [0.1, 0.15) is 11.4 Å². The number of nitrogens with zero attached hydrogens (tertiary/aromatic N) is 5. The number of carboxylic acid groups (broad SMARTS) is 3. The zero-order chi connectivity index (χ0) is 40.0. The zero-order valence-corrected chi connectivity index (χ0v) is 27.4. The first-order chi connectivity index (χ1) is 23.8. The van der Waals surface area contributed by atoms with Gasteiger partial charge in [0.25, 0.3) is 0 Å². The first kappa shape index (κ1) is 44.4. The molecule has 52 heavy (non-hydrogen) atoms. The third-order valence-corrected chi connectivity index (χ3v) is 5.98. The van der Waals surface area contributed by atoms with E-state index in [0.29, 0.717) is 12.4 Å². The molecule has 0 saturated heterocycles. The highest BCUT2D eigenvalue weighted by Gasteiger charge is 2.39. The van der Waals surface area contributed by atoms with Gasteiger partial charge in [-0.1, -0.05) is 24.3 Å². The molecule has 0 saturated carbocycles. The number of hydrogen-bond donors (Lipinski definition) is 4. The maximum Gasteiger partial charge on any atom is 0.490 e. The number of aromatic amines is 1. The van der Waals surface area contributed by atoms with Gasteiger partial charge in [-0.15, -0.1) is 0 Å². The molecule has 4 rings (SSSR count). The van der Waals surface area contributed by atoms with Crippen molar-refractivity contribution in [3.63, 3.8) is 0 Å². The van der Waals surface area contributed by atoms with Gasteiger partial charge in [0.15, 0.2) is 5.82 Å². The second kappa shape index (κ2) is 19.1. The number of nitrogens with one attached hydrogen (secondary N) is 1. The Labute approximate surface area is 288 Å². The van der Waals surface area contributed by atoms with Gasteiger partial charge >= 0.3 is 36.4 Å². The summed E-state index contributed by atoms with van der Waals surface area (Å²) in [4.78, 5) is 40.7. The minimum atomic E-state index is -5.08. The van der Waals surface area contributed by atoms with Gasteiger partial charge in [-0.25, -0.2) is 24.4 Å². The predicted octanol–water partition coefficient (Wildman–Crippen LogP) is 5.81. The summed E-state index contributed by atoms with van der Waals surface area (Å²) in [7, 11) is 6.22. The largest absolute Gasteiger partial charge is 0.490 e. The molecule has 4 aromatic rings. The lowest BCUT2D eigenvalue weighted by Crippen LogP contribution is -2.29. The number of benzene rings is 2. The van der Waals surface area contributed by atoms with Crippen LogP contribution in [0.5, 0.6) is 5.75 Å². The number of para-hydroxylation sites is 1. The van der Waals surface area contributed by atoms with Gasteiger partial charge in [0, 0.05) is 37.3 Å². The van der Waals surface area contributed by atoms with Gasteiger partial charge in [0.1, 0.15) is 18.2 Å². The van der Waals surface area contributed by atoms with Crippen LogP contribution in [0.4, 0.5) is 45.3 Å². The number of H-pyrrole nitrogens is 1. The van der Waals surface area contributed by atoms with Gasteiger partial charge in [-0.2, -0.15) is 44.6 Å². The number of aromatic nitrogens is 4. The van der Waals surface area contributed by atoms with Crippen LogP contribution in [0.15, 0.2) is 54.9 Å². The Morgan fingerprint density at radius 3 is 1.73 bits per heavy atom. The number of likely N-dealkylation sites (N-methyl/N-ethyl adjacent to an activating group) is 2. The maximum absolute atomic E-state index is 10.6. The van der Waals surface area contributed by atoms with E-state index in [9.17, 15) is 39.5 Å². The van der Waals surface area contributed by atoms with Gasteiger partial charge in [0.2, 0.25) is 0 Å². The monoisotopic (exact) mass is 758 g/mol. The van der Waals surface area contributed by atoms with Gasteiger partial charge in [0.05, 0.1) is 11.7 Å². The Morgan fingerprint density at radius 1 is 0.769 bits per heavy atom. The number of alkyl halides is 9. The fourth-order valence-electron chi connectivity index (χ4n) is 3.42. The minimum absolute atomic E-state index is 0.318. The molecule has 0 spiro atoms. The number of aliphatic carboxylic acids is 3. The zero-order valence-electron chi connectivity index (χ0n) is 27.4. The fraction of sp³-hybridized carbons (Fsp3) is 0.333. The molecule has 0 bridgehead atoms. The molecule has 0 atom stereocenters. The number of anilines is 1. The highest BCUT2D eigenvalue weighted by atomic mass is 19.4. The molecular weight excluding hydrogens is 727 g/mol. The Bertz CT molecular complexity index is 1710. The number of halogens is 9. The summed E-state index contributed by atoms with van der Waals surface area (Å²) in [5.41, 5.74) is 4.11. The van der Waals surface area contributed by atoms with Gasteiger partial charge < -0.3 is 29.9 Å². The summed E-state index contributed by atoms with van der Waals surface area (Å²) in [5, 5.41) is 29.3. The summed E-state index contributed by atoms with van der Waals surface area (Å²) in [6, 6.07) is 14.2. The van der Waals surface area contributed by atoms with E-state index in [-0.39, 0.29) is 0 Å². The molecule has 2 aromatic heterocycles. The number of hydrogen-bond acceptors (Lipinski definition) is 9. The fourth-order valence-corrected chi connectivity index (χ4v) is 3.42. The highest BCUT2D eigenvalue weighted by molar-refractivity contribution is 5.93. The number of carboxylic acids is 3. The van der Waals surface area contributed by atoms with Crippen molar-refractivity contribution in [2.45, 2.75) is 32.1 Å². The quantitative estimate of drug-likeness (QED) is 0.159. The molecule has 286 valence electrons. The van der Waals surface area contributed by atoms with Gasteiger partial charge in [-0.05, 0) is 50.3 Å². The Kier molecular flexibility index (Phi) is 16.3. The van der Waals surface area contributed by atoms with E-state index in [0.717, 1.165) is 52.3 Å². The van der Waals surface area contributed by atoms with E-state index in [2.05, 4.69) is 53.3 Å². The van der Waals surface area contributed by atoms with E-state index in [1.165, 1.54) is 0 Å². The Balaban J connectivity index is 0.000000525. The predicted molar refractivity (Wildman–Crippen MR) is 166 cm³/mol. The van der Waals surface area contributed by atoms with Crippen LogP contribution >= 0.6 is 0 Å². The molecule has 13 nitrogen and oxygen atoms in total. The molecule has 0 aliphatic heterocycles. The Hall–Kier alpha value is -5.67. The lowest BCUT2D eigenvalue weighted by molar-refractivity contribution is -0.193. The van der Waals surface area contributed by atoms with Crippen molar-refractivity contribution in [3.05, 3.63) is 66.2 Å². The second-order valence-corrected chi connectivity index (χ2v) is 10.4. The van der Waals surface area contributed by atoms with Crippen molar-refractivity contribution in [2.24, 2.45) is 0 Å². The molecule has 0 aliphatic carbocycles. The van der Waals surface area contributed by atoms with Crippen LogP contribution in [-0.4, -0.2) is 111 Å². The summed E-state index contributed by atoms with van der Waals surface area (Å²) in [5.74, 6) is -5.85. The molecule has 0 fully saturated rings. The standard InChI is InChI=1S/C24H28N6O.3C2HF3O2/c1-17-7-5-6-8-22(17)31-16-23-27-21-10-9-18(19-14-25-26-15-19)13-20(21)24(28-23)30(4)12-11-29(2)3;3*3-2(4,5)1(6)7/h5-10,13-15H,11-12,16H2,1-4H3,(H,25,26);3*(H,6,7). The lowest BCUT2D eigenvalue weighted by atomic mass is 10.1. The third kappa shape index (κ3) is 15.5. The summed E-state index contributed by atoms with van der Waals surface area (Å²) in [6.07, 6.45) is -11.5. The molecule has 0 aliphatic rings. The smallest absolute Gasteiger partial charge is 0.485 e. The summed E-state index contributed by atoms with van der Waals surface area (Å²) in [6.45, 7) is 4.14. The molecule has 0 radical (unpaired) electrons. The first-order valence-electron chi connectivity index (χ1n) is 14.1. The van der Waals surface area contributed by atoms with Crippen LogP contribution in [-0.2, 0) is 21.0 Å². The molecule has 22 heteroatoms. The molecule has 0 amide bonds. The van der Waals surface area contributed by atoms with E-state index in [4.69, 9.17) is 44.4 Å². The molecular formula is C30H31F9N6O7. The highest BCUT2D eigenvalue weighted by Crippen LogP contribution is 2.29. The summed E-state index contributed by atoms with van der Waals surface area (Å²) >= 11 is 0. The van der Waals surface area contributed by atoms with E-state index >= 15 is 0 Å². The van der Waals surface area contributed by atoms with Crippen molar-refractivity contribution in [3.8, 4) is 16.9 Å². The molecule has 0 unspecified atom stereocenters. The van der Waals surface area contributed by atoms with Crippen LogP contribution in [0.25, 0.3) is 22.0 Å². The number of aryl methyl sites for hydroxylation is 1. The molecule has 2 aromatic carbocycles. The van der Waals surface area contributed by atoms with Crippen molar-refractivity contribution < 1.29 is 74.0 Å². The Morgan fingerprint density at radius 2 is 1.29 bits per heavy atom. The maximum atomic E-state index is 10.6. The van der Waals surface area contributed by atoms with Crippen LogP contribution < -0.4 is 9.64 Å². The van der Waals surface area contributed by atoms with Crippen LogP contribution in [0.2, 0.25) is 0 Å². The minimum Gasteiger partial charge on any atom is -0.485 e. The molecule has 2 heterocycles. The number of rotatable bonds is 8. The average molecular weight is 759 g/mol. The first-order valence-corrected chi connectivity index (χ1v) is 14.1. The third-order valence-electron chi connectivity index (χ3n) is 5.98. The lowest BCUT2D eigenvalue weighted by Gasteiger charge is -2.23. The number of carbonyl (C=O) groups is 3. The van der Waals surface area contributed by atoms with Crippen molar-refractivity contribution in [2.75, 3.05) is 39.1 Å². The van der Waals surface area contributed by atoms with E-state index in [1.807, 2.05) is 49.6 Å². The van der Waals surface area contributed by atoms with Gasteiger partial charge in [-0.3, -0.25) is 5.10 Å².